The van der Waals surface area contributed by atoms with Gasteiger partial charge in [-0.25, -0.2) is 0 Å². The van der Waals surface area contributed by atoms with Crippen LogP contribution in [0.4, 0.5) is 0 Å². The van der Waals surface area contributed by atoms with Crippen molar-refractivity contribution in [2.24, 2.45) is 0 Å². The lowest BCUT2D eigenvalue weighted by molar-refractivity contribution is 0.302. The molecule has 0 amide bonds. The van der Waals surface area contributed by atoms with Crippen molar-refractivity contribution in [3.8, 4) is 17.2 Å². The van der Waals surface area contributed by atoms with Crippen LogP contribution in [-0.2, 0) is 12.5 Å². The van der Waals surface area contributed by atoms with E-state index < -0.39 is 0 Å². The molecule has 0 saturated carbocycles. The zero-order valence-electron chi connectivity index (χ0n) is 11.6. The minimum Gasteiger partial charge on any atom is -0.497 e. The van der Waals surface area contributed by atoms with E-state index >= 15 is 0 Å². The van der Waals surface area contributed by atoms with Gasteiger partial charge in [0.15, 0.2) is 0 Å². The summed E-state index contributed by atoms with van der Waals surface area (Å²) in [5.41, 5.74) is 1.95. The van der Waals surface area contributed by atoms with Gasteiger partial charge in [0.05, 0.1) is 20.1 Å². The molecule has 4 heteroatoms. The number of halogens is 1. The van der Waals surface area contributed by atoms with E-state index in [4.69, 9.17) is 25.8 Å². The SMILES string of the molecule is COc1cccc(COc2ccc(OC)cc2CCl)c1. The van der Waals surface area contributed by atoms with Crippen LogP contribution in [0.25, 0.3) is 0 Å². The number of methoxy groups -OCH3 is 2. The number of benzene rings is 2. The third-order valence-corrected chi connectivity index (χ3v) is 3.23. The molecule has 0 atom stereocenters. The molecular formula is C16H17ClO3. The lowest BCUT2D eigenvalue weighted by Gasteiger charge is -2.12. The predicted octanol–water partition coefficient (Wildman–Crippen LogP) is 4.02. The first-order chi connectivity index (χ1) is 9.76. The average Bonchev–Trinajstić information content (AvgIpc) is 2.52. The molecule has 0 fully saturated rings. The smallest absolute Gasteiger partial charge is 0.124 e. The van der Waals surface area contributed by atoms with Crippen LogP contribution in [0.3, 0.4) is 0 Å². The predicted molar refractivity (Wildman–Crippen MR) is 79.9 cm³/mol. The maximum Gasteiger partial charge on any atom is 0.124 e. The number of rotatable bonds is 6. The second-order valence-electron chi connectivity index (χ2n) is 4.25. The largest absolute Gasteiger partial charge is 0.497 e. The van der Waals surface area contributed by atoms with E-state index in [1.807, 2.05) is 42.5 Å². The Morgan fingerprint density at radius 3 is 2.40 bits per heavy atom. The summed E-state index contributed by atoms with van der Waals surface area (Å²) in [6.45, 7) is 0.466. The van der Waals surface area contributed by atoms with E-state index in [1.165, 1.54) is 0 Å². The highest BCUT2D eigenvalue weighted by Gasteiger charge is 2.05. The van der Waals surface area contributed by atoms with E-state index in [-0.39, 0.29) is 0 Å². The zero-order chi connectivity index (χ0) is 14.4. The molecule has 0 aliphatic heterocycles. The Morgan fingerprint density at radius 1 is 0.950 bits per heavy atom. The third-order valence-electron chi connectivity index (χ3n) is 2.94. The van der Waals surface area contributed by atoms with Crippen molar-refractivity contribution in [1.82, 2.24) is 0 Å². The minimum absolute atomic E-state index is 0.380. The minimum atomic E-state index is 0.380. The molecular weight excluding hydrogens is 276 g/mol. The molecule has 2 aromatic carbocycles. The Labute approximate surface area is 124 Å². The molecule has 0 radical (unpaired) electrons. The van der Waals surface area contributed by atoms with Gasteiger partial charge in [-0.1, -0.05) is 12.1 Å². The Balaban J connectivity index is 2.10. The molecule has 3 nitrogen and oxygen atoms in total. The van der Waals surface area contributed by atoms with Crippen molar-refractivity contribution in [3.05, 3.63) is 53.6 Å². The standard InChI is InChI=1S/C16H17ClO3/c1-18-14-5-3-4-12(8-14)11-20-16-7-6-15(19-2)9-13(16)10-17/h3-9H,10-11H2,1-2H3. The van der Waals surface area contributed by atoms with Crippen LogP contribution in [0.2, 0.25) is 0 Å². The number of hydrogen-bond acceptors (Lipinski definition) is 3. The molecule has 0 aliphatic carbocycles. The fourth-order valence-electron chi connectivity index (χ4n) is 1.85. The number of hydrogen-bond donors (Lipinski definition) is 0. The van der Waals surface area contributed by atoms with Gasteiger partial charge in [0, 0.05) is 5.56 Å². The van der Waals surface area contributed by atoms with Gasteiger partial charge >= 0.3 is 0 Å². The third kappa shape index (κ3) is 3.58. The maximum absolute atomic E-state index is 5.93. The van der Waals surface area contributed by atoms with Gasteiger partial charge < -0.3 is 14.2 Å². The van der Waals surface area contributed by atoms with Gasteiger partial charge in [0.1, 0.15) is 23.9 Å². The second kappa shape index (κ2) is 7.06. The van der Waals surface area contributed by atoms with E-state index in [0.29, 0.717) is 12.5 Å². The van der Waals surface area contributed by atoms with Crippen molar-refractivity contribution in [1.29, 1.82) is 0 Å². The molecule has 2 rings (SSSR count). The second-order valence-corrected chi connectivity index (χ2v) is 4.51. The van der Waals surface area contributed by atoms with Crippen LogP contribution in [0.15, 0.2) is 42.5 Å². The van der Waals surface area contributed by atoms with Crippen LogP contribution in [0.5, 0.6) is 17.2 Å². The summed E-state index contributed by atoms with van der Waals surface area (Å²) in [5, 5.41) is 0. The van der Waals surface area contributed by atoms with E-state index in [0.717, 1.165) is 28.4 Å². The highest BCUT2D eigenvalue weighted by atomic mass is 35.5. The monoisotopic (exact) mass is 292 g/mol. The summed E-state index contributed by atoms with van der Waals surface area (Å²) in [4.78, 5) is 0. The summed E-state index contributed by atoms with van der Waals surface area (Å²) in [6, 6.07) is 13.4. The van der Waals surface area contributed by atoms with Crippen LogP contribution >= 0.6 is 11.6 Å². The fraction of sp³-hybridized carbons (Fsp3) is 0.250. The average molecular weight is 293 g/mol. The van der Waals surface area contributed by atoms with Crippen molar-refractivity contribution >= 4 is 11.6 Å². The van der Waals surface area contributed by atoms with Gasteiger partial charge in [0.25, 0.3) is 0 Å². The van der Waals surface area contributed by atoms with Gasteiger partial charge in [-0.3, -0.25) is 0 Å². The van der Waals surface area contributed by atoms with Gasteiger partial charge in [-0.15, -0.1) is 11.6 Å². The highest BCUT2D eigenvalue weighted by Crippen LogP contribution is 2.26. The lowest BCUT2D eigenvalue weighted by atomic mass is 10.2. The molecule has 0 bridgehead atoms. The Kier molecular flexibility index (Phi) is 5.13. The zero-order valence-corrected chi connectivity index (χ0v) is 12.3. The van der Waals surface area contributed by atoms with Crippen molar-refractivity contribution in [2.45, 2.75) is 12.5 Å². The first kappa shape index (κ1) is 14.5. The topological polar surface area (TPSA) is 27.7 Å². The molecule has 0 heterocycles. The van der Waals surface area contributed by atoms with Gasteiger partial charge in [-0.05, 0) is 35.9 Å². The molecule has 0 aromatic heterocycles. The van der Waals surface area contributed by atoms with Gasteiger partial charge in [0.2, 0.25) is 0 Å². The molecule has 106 valence electrons. The first-order valence-electron chi connectivity index (χ1n) is 6.25. The Hall–Kier alpha value is -1.87. The Morgan fingerprint density at radius 2 is 1.70 bits per heavy atom. The summed E-state index contributed by atoms with van der Waals surface area (Å²) in [6.07, 6.45) is 0. The van der Waals surface area contributed by atoms with E-state index in [2.05, 4.69) is 0 Å². The Bertz CT molecular complexity index is 569. The normalized spacial score (nSPS) is 10.2. The lowest BCUT2D eigenvalue weighted by Crippen LogP contribution is -1.99. The molecule has 0 spiro atoms. The van der Waals surface area contributed by atoms with E-state index in [9.17, 15) is 0 Å². The van der Waals surface area contributed by atoms with Crippen molar-refractivity contribution in [3.63, 3.8) is 0 Å². The van der Waals surface area contributed by atoms with Crippen LogP contribution in [0, 0.1) is 0 Å². The summed E-state index contributed by atoms with van der Waals surface area (Å²) >= 11 is 5.93. The van der Waals surface area contributed by atoms with Crippen molar-refractivity contribution in [2.75, 3.05) is 14.2 Å². The van der Waals surface area contributed by atoms with E-state index in [1.54, 1.807) is 14.2 Å². The van der Waals surface area contributed by atoms with Crippen LogP contribution in [0.1, 0.15) is 11.1 Å². The molecule has 0 saturated heterocycles. The number of alkyl halides is 1. The molecule has 20 heavy (non-hydrogen) atoms. The van der Waals surface area contributed by atoms with Crippen LogP contribution < -0.4 is 14.2 Å². The first-order valence-corrected chi connectivity index (χ1v) is 6.79. The van der Waals surface area contributed by atoms with Crippen molar-refractivity contribution < 1.29 is 14.2 Å². The molecule has 0 unspecified atom stereocenters. The summed E-state index contributed by atoms with van der Waals surface area (Å²) in [5.74, 6) is 2.74. The maximum atomic E-state index is 5.93. The fourth-order valence-corrected chi connectivity index (χ4v) is 2.06. The van der Waals surface area contributed by atoms with Gasteiger partial charge in [-0.2, -0.15) is 0 Å². The summed E-state index contributed by atoms with van der Waals surface area (Å²) < 4.78 is 16.2. The van der Waals surface area contributed by atoms with Crippen LogP contribution in [-0.4, -0.2) is 14.2 Å². The molecule has 0 aliphatic rings. The number of ether oxygens (including phenoxy) is 3. The highest BCUT2D eigenvalue weighted by molar-refractivity contribution is 6.17. The quantitative estimate of drug-likeness (QED) is 0.753. The molecule has 0 N–H and O–H groups in total. The summed E-state index contributed by atoms with van der Waals surface area (Å²) in [7, 11) is 3.28. The molecule has 2 aromatic rings.